The summed E-state index contributed by atoms with van der Waals surface area (Å²) < 4.78 is 27.3. The summed E-state index contributed by atoms with van der Waals surface area (Å²) >= 11 is 0. The molecular formula is C17H19F2NO2. The molecule has 2 rings (SSSR count). The maximum atomic E-state index is 13.6. The van der Waals surface area contributed by atoms with E-state index < -0.39 is 17.7 Å². The van der Waals surface area contributed by atoms with E-state index in [1.54, 1.807) is 24.3 Å². The first-order chi connectivity index (χ1) is 10.5. The molecular weight excluding hydrogens is 288 g/mol. The number of halogens is 2. The van der Waals surface area contributed by atoms with Crippen LogP contribution in [0.15, 0.2) is 42.5 Å². The number of hydrogen-bond acceptors (Lipinski definition) is 3. The Morgan fingerprint density at radius 2 is 1.68 bits per heavy atom. The highest BCUT2D eigenvalue weighted by Gasteiger charge is 2.20. The molecule has 2 aromatic carbocycles. The fourth-order valence-electron chi connectivity index (χ4n) is 2.44. The van der Waals surface area contributed by atoms with E-state index in [4.69, 9.17) is 0 Å². The Bertz CT molecular complexity index is 614. The molecule has 3 nitrogen and oxygen atoms in total. The summed E-state index contributed by atoms with van der Waals surface area (Å²) in [6, 6.07) is 10.1. The van der Waals surface area contributed by atoms with Crippen LogP contribution in [0, 0.1) is 11.6 Å². The third-order valence-electron chi connectivity index (χ3n) is 3.61. The van der Waals surface area contributed by atoms with Crippen molar-refractivity contribution in [2.45, 2.75) is 25.5 Å². The number of nitrogens with one attached hydrogen (secondary N) is 1. The summed E-state index contributed by atoms with van der Waals surface area (Å²) in [5, 5.41) is 22.9. The Morgan fingerprint density at radius 3 is 2.27 bits per heavy atom. The SMILES string of the molecule is CCC(NCC(O)c1c(F)cccc1F)c1ccccc1O. The Kier molecular flexibility index (Phi) is 5.46. The van der Waals surface area contributed by atoms with Crippen LogP contribution in [0.25, 0.3) is 0 Å². The third-order valence-corrected chi connectivity index (χ3v) is 3.61. The normalized spacial score (nSPS) is 13.8. The monoisotopic (exact) mass is 307 g/mol. The molecule has 3 N–H and O–H groups in total. The minimum atomic E-state index is -1.30. The van der Waals surface area contributed by atoms with Crippen molar-refractivity contribution in [3.05, 3.63) is 65.2 Å². The molecule has 0 bridgehead atoms. The van der Waals surface area contributed by atoms with E-state index in [1.807, 2.05) is 6.92 Å². The molecule has 0 spiro atoms. The quantitative estimate of drug-likeness (QED) is 0.766. The molecule has 118 valence electrons. The average molecular weight is 307 g/mol. The second-order valence-corrected chi connectivity index (χ2v) is 5.08. The Balaban J connectivity index is 2.09. The topological polar surface area (TPSA) is 52.5 Å². The van der Waals surface area contributed by atoms with Gasteiger partial charge in [-0.05, 0) is 24.6 Å². The van der Waals surface area contributed by atoms with E-state index in [0.717, 1.165) is 12.1 Å². The van der Waals surface area contributed by atoms with Gasteiger partial charge in [0, 0.05) is 18.2 Å². The van der Waals surface area contributed by atoms with E-state index in [2.05, 4.69) is 5.32 Å². The molecule has 0 aliphatic rings. The highest BCUT2D eigenvalue weighted by molar-refractivity contribution is 5.34. The van der Waals surface area contributed by atoms with Crippen molar-refractivity contribution >= 4 is 0 Å². The Hall–Kier alpha value is -1.98. The van der Waals surface area contributed by atoms with Crippen LogP contribution in [0.1, 0.15) is 36.6 Å². The van der Waals surface area contributed by atoms with Gasteiger partial charge in [0.2, 0.25) is 0 Å². The average Bonchev–Trinajstić information content (AvgIpc) is 2.49. The van der Waals surface area contributed by atoms with Gasteiger partial charge in [-0.3, -0.25) is 0 Å². The summed E-state index contributed by atoms with van der Waals surface area (Å²) in [4.78, 5) is 0. The van der Waals surface area contributed by atoms with Gasteiger partial charge in [0.25, 0.3) is 0 Å². The minimum Gasteiger partial charge on any atom is -0.508 e. The lowest BCUT2D eigenvalue weighted by Gasteiger charge is -2.21. The van der Waals surface area contributed by atoms with Crippen molar-refractivity contribution in [1.29, 1.82) is 0 Å². The van der Waals surface area contributed by atoms with Crippen molar-refractivity contribution in [2.24, 2.45) is 0 Å². The fraction of sp³-hybridized carbons (Fsp3) is 0.294. The maximum Gasteiger partial charge on any atom is 0.131 e. The molecule has 2 unspecified atom stereocenters. The second kappa shape index (κ2) is 7.33. The minimum absolute atomic E-state index is 0.0231. The van der Waals surface area contributed by atoms with Gasteiger partial charge in [-0.25, -0.2) is 8.78 Å². The standard InChI is InChI=1S/C17H19F2NO2/c1-2-14(11-6-3-4-9-15(11)21)20-10-16(22)17-12(18)7-5-8-13(17)19/h3-9,14,16,20-22H,2,10H2,1H3. The second-order valence-electron chi connectivity index (χ2n) is 5.08. The lowest BCUT2D eigenvalue weighted by Crippen LogP contribution is -2.27. The summed E-state index contributed by atoms with van der Waals surface area (Å²) in [5.41, 5.74) is 0.341. The van der Waals surface area contributed by atoms with Gasteiger partial charge in [0.05, 0.1) is 11.7 Å². The molecule has 5 heteroatoms. The van der Waals surface area contributed by atoms with E-state index >= 15 is 0 Å². The number of phenolic OH excluding ortho intramolecular Hbond substituents is 1. The summed E-state index contributed by atoms with van der Waals surface area (Å²) in [5.74, 6) is -1.40. The van der Waals surface area contributed by atoms with Gasteiger partial charge in [-0.15, -0.1) is 0 Å². The first kappa shape index (κ1) is 16.4. The zero-order valence-corrected chi connectivity index (χ0v) is 12.3. The Labute approximate surface area is 128 Å². The van der Waals surface area contributed by atoms with E-state index in [1.165, 1.54) is 6.07 Å². The molecule has 0 fully saturated rings. The number of aliphatic hydroxyl groups excluding tert-OH is 1. The van der Waals surface area contributed by atoms with Crippen LogP contribution >= 0.6 is 0 Å². The highest BCUT2D eigenvalue weighted by Crippen LogP contribution is 2.27. The van der Waals surface area contributed by atoms with E-state index in [9.17, 15) is 19.0 Å². The predicted molar refractivity (Wildman–Crippen MR) is 80.5 cm³/mol. The number of rotatable bonds is 6. The zero-order chi connectivity index (χ0) is 16.1. The van der Waals surface area contributed by atoms with Crippen LogP contribution in [0.3, 0.4) is 0 Å². The van der Waals surface area contributed by atoms with Gasteiger partial charge in [0.15, 0.2) is 0 Å². The molecule has 0 aliphatic carbocycles. The molecule has 0 aliphatic heterocycles. The number of aliphatic hydroxyl groups is 1. The molecule has 22 heavy (non-hydrogen) atoms. The number of phenols is 1. The maximum absolute atomic E-state index is 13.6. The molecule has 0 heterocycles. The molecule has 2 atom stereocenters. The van der Waals surface area contributed by atoms with Crippen molar-refractivity contribution in [3.63, 3.8) is 0 Å². The van der Waals surface area contributed by atoms with E-state index in [-0.39, 0.29) is 23.9 Å². The lowest BCUT2D eigenvalue weighted by atomic mass is 10.0. The molecule has 0 saturated carbocycles. The molecule has 0 radical (unpaired) electrons. The largest absolute Gasteiger partial charge is 0.508 e. The van der Waals surface area contributed by atoms with Crippen LogP contribution < -0.4 is 5.32 Å². The van der Waals surface area contributed by atoms with Crippen molar-refractivity contribution in [1.82, 2.24) is 5.32 Å². The molecule has 2 aromatic rings. The van der Waals surface area contributed by atoms with Crippen molar-refractivity contribution < 1.29 is 19.0 Å². The van der Waals surface area contributed by atoms with Crippen LogP contribution in [0.2, 0.25) is 0 Å². The lowest BCUT2D eigenvalue weighted by molar-refractivity contribution is 0.159. The van der Waals surface area contributed by atoms with Gasteiger partial charge >= 0.3 is 0 Å². The highest BCUT2D eigenvalue weighted by atomic mass is 19.1. The molecule has 0 saturated heterocycles. The first-order valence-electron chi connectivity index (χ1n) is 7.17. The number of hydrogen-bond donors (Lipinski definition) is 3. The summed E-state index contributed by atoms with van der Waals surface area (Å²) in [7, 11) is 0. The number of para-hydroxylation sites is 1. The van der Waals surface area contributed by atoms with Gasteiger partial charge < -0.3 is 15.5 Å². The summed E-state index contributed by atoms with van der Waals surface area (Å²) in [6.45, 7) is 1.89. The first-order valence-corrected chi connectivity index (χ1v) is 7.17. The van der Waals surface area contributed by atoms with Gasteiger partial charge in [0.1, 0.15) is 17.4 Å². The smallest absolute Gasteiger partial charge is 0.131 e. The van der Waals surface area contributed by atoms with E-state index in [0.29, 0.717) is 12.0 Å². The van der Waals surface area contributed by atoms with Gasteiger partial charge in [-0.2, -0.15) is 0 Å². The number of benzene rings is 2. The summed E-state index contributed by atoms with van der Waals surface area (Å²) in [6.07, 6.45) is -0.648. The van der Waals surface area contributed by atoms with Gasteiger partial charge in [-0.1, -0.05) is 31.2 Å². The van der Waals surface area contributed by atoms with Crippen LogP contribution in [-0.4, -0.2) is 16.8 Å². The third kappa shape index (κ3) is 3.61. The van der Waals surface area contributed by atoms with Crippen LogP contribution in [0.5, 0.6) is 5.75 Å². The van der Waals surface area contributed by atoms with Crippen LogP contribution in [-0.2, 0) is 0 Å². The Morgan fingerprint density at radius 1 is 1.05 bits per heavy atom. The molecule has 0 aromatic heterocycles. The van der Waals surface area contributed by atoms with Crippen LogP contribution in [0.4, 0.5) is 8.78 Å². The number of aromatic hydroxyl groups is 1. The predicted octanol–water partition coefficient (Wildman–Crippen LogP) is 3.44. The van der Waals surface area contributed by atoms with Crippen molar-refractivity contribution in [2.75, 3.05) is 6.54 Å². The molecule has 0 amide bonds. The van der Waals surface area contributed by atoms with Crippen molar-refractivity contribution in [3.8, 4) is 5.75 Å². The fourth-order valence-corrected chi connectivity index (χ4v) is 2.44. The zero-order valence-electron chi connectivity index (χ0n) is 12.3.